The standard InChI is InChI=1S/C17H27N/c1-4-17(18,15-8-6-5-7-9-15)16-11-10-13(2)14(3)12-16/h5-9,13-14,16H,4,10-12,18H2,1-3H3. The maximum atomic E-state index is 6.80. The lowest BCUT2D eigenvalue weighted by Gasteiger charge is -2.43. The Hall–Kier alpha value is -0.820. The van der Waals surface area contributed by atoms with E-state index in [1.165, 1.54) is 24.8 Å². The molecule has 1 aromatic carbocycles. The Kier molecular flexibility index (Phi) is 4.11. The molecule has 0 radical (unpaired) electrons. The molecule has 1 heteroatoms. The quantitative estimate of drug-likeness (QED) is 0.843. The van der Waals surface area contributed by atoms with Gasteiger partial charge in [-0.15, -0.1) is 0 Å². The van der Waals surface area contributed by atoms with Crippen molar-refractivity contribution >= 4 is 0 Å². The lowest BCUT2D eigenvalue weighted by atomic mass is 9.65. The Labute approximate surface area is 112 Å². The van der Waals surface area contributed by atoms with E-state index in [9.17, 15) is 0 Å². The normalized spacial score (nSPS) is 31.9. The van der Waals surface area contributed by atoms with Gasteiger partial charge in [-0.2, -0.15) is 0 Å². The van der Waals surface area contributed by atoms with Crippen molar-refractivity contribution in [2.45, 2.75) is 52.0 Å². The Morgan fingerprint density at radius 2 is 1.78 bits per heavy atom. The average Bonchev–Trinajstić information content (AvgIpc) is 2.42. The molecule has 2 N–H and O–H groups in total. The van der Waals surface area contributed by atoms with Crippen LogP contribution in [0.2, 0.25) is 0 Å². The third kappa shape index (κ3) is 2.47. The molecule has 0 amide bonds. The second-order valence-corrected chi connectivity index (χ2v) is 6.22. The van der Waals surface area contributed by atoms with Crippen LogP contribution in [0.3, 0.4) is 0 Å². The summed E-state index contributed by atoms with van der Waals surface area (Å²) >= 11 is 0. The van der Waals surface area contributed by atoms with Crippen LogP contribution in [0.5, 0.6) is 0 Å². The lowest BCUT2D eigenvalue weighted by Crippen LogP contribution is -2.46. The van der Waals surface area contributed by atoms with Gasteiger partial charge >= 0.3 is 0 Å². The van der Waals surface area contributed by atoms with Crippen LogP contribution in [0.15, 0.2) is 30.3 Å². The molecule has 2 rings (SSSR count). The van der Waals surface area contributed by atoms with E-state index in [4.69, 9.17) is 5.73 Å². The predicted octanol–water partition coefficient (Wildman–Crippen LogP) is 4.32. The first-order chi connectivity index (χ1) is 8.58. The fourth-order valence-electron chi connectivity index (χ4n) is 3.49. The molecule has 1 aliphatic rings. The summed E-state index contributed by atoms with van der Waals surface area (Å²) in [5.74, 6) is 2.30. The van der Waals surface area contributed by atoms with Crippen LogP contribution in [0.25, 0.3) is 0 Å². The molecule has 1 aliphatic carbocycles. The first-order valence-electron chi connectivity index (χ1n) is 7.42. The summed E-state index contributed by atoms with van der Waals surface area (Å²) in [6, 6.07) is 10.7. The second-order valence-electron chi connectivity index (χ2n) is 6.22. The molecule has 0 saturated heterocycles. The maximum Gasteiger partial charge on any atom is 0.0435 e. The first kappa shape index (κ1) is 13.6. The van der Waals surface area contributed by atoms with Crippen molar-refractivity contribution in [3.63, 3.8) is 0 Å². The van der Waals surface area contributed by atoms with Gasteiger partial charge in [-0.05, 0) is 42.6 Å². The highest BCUT2D eigenvalue weighted by Crippen LogP contribution is 2.43. The minimum Gasteiger partial charge on any atom is -0.321 e. The van der Waals surface area contributed by atoms with Crippen LogP contribution >= 0.6 is 0 Å². The molecule has 4 unspecified atom stereocenters. The zero-order chi connectivity index (χ0) is 13.2. The highest BCUT2D eigenvalue weighted by molar-refractivity contribution is 5.25. The van der Waals surface area contributed by atoms with Crippen LogP contribution in [-0.4, -0.2) is 0 Å². The summed E-state index contributed by atoms with van der Waals surface area (Å²) in [6.45, 7) is 7.00. The van der Waals surface area contributed by atoms with Crippen molar-refractivity contribution in [2.75, 3.05) is 0 Å². The number of nitrogens with two attached hydrogens (primary N) is 1. The molecular weight excluding hydrogens is 218 g/mol. The highest BCUT2D eigenvalue weighted by atomic mass is 14.8. The summed E-state index contributed by atoms with van der Waals surface area (Å²) in [5.41, 5.74) is 7.99. The molecule has 1 nitrogen and oxygen atoms in total. The Morgan fingerprint density at radius 3 is 2.33 bits per heavy atom. The fourth-order valence-corrected chi connectivity index (χ4v) is 3.49. The van der Waals surface area contributed by atoms with Gasteiger partial charge < -0.3 is 5.73 Å². The van der Waals surface area contributed by atoms with Crippen molar-refractivity contribution in [2.24, 2.45) is 23.5 Å². The van der Waals surface area contributed by atoms with Gasteiger partial charge in [-0.3, -0.25) is 0 Å². The average molecular weight is 245 g/mol. The van der Waals surface area contributed by atoms with E-state index in [0.29, 0.717) is 5.92 Å². The molecule has 0 bridgehead atoms. The lowest BCUT2D eigenvalue weighted by molar-refractivity contribution is 0.129. The third-order valence-electron chi connectivity index (χ3n) is 5.22. The highest BCUT2D eigenvalue weighted by Gasteiger charge is 2.38. The Morgan fingerprint density at radius 1 is 1.11 bits per heavy atom. The zero-order valence-corrected chi connectivity index (χ0v) is 12.0. The summed E-state index contributed by atoms with van der Waals surface area (Å²) in [6.07, 6.45) is 4.92. The molecular formula is C17H27N. The van der Waals surface area contributed by atoms with E-state index in [2.05, 4.69) is 51.1 Å². The molecule has 100 valence electrons. The van der Waals surface area contributed by atoms with Crippen molar-refractivity contribution in [3.8, 4) is 0 Å². The molecule has 1 aromatic rings. The molecule has 1 saturated carbocycles. The smallest absolute Gasteiger partial charge is 0.0435 e. The van der Waals surface area contributed by atoms with Gasteiger partial charge in [0.05, 0.1) is 0 Å². The summed E-state index contributed by atoms with van der Waals surface area (Å²) < 4.78 is 0. The summed E-state index contributed by atoms with van der Waals surface area (Å²) in [4.78, 5) is 0. The SMILES string of the molecule is CCC(N)(c1ccccc1)C1CCC(C)C(C)C1. The zero-order valence-electron chi connectivity index (χ0n) is 12.0. The van der Waals surface area contributed by atoms with Crippen LogP contribution in [-0.2, 0) is 5.54 Å². The van der Waals surface area contributed by atoms with Crippen LogP contribution < -0.4 is 5.73 Å². The minimum atomic E-state index is -0.129. The topological polar surface area (TPSA) is 26.0 Å². The van der Waals surface area contributed by atoms with E-state index in [1.807, 2.05) is 0 Å². The van der Waals surface area contributed by atoms with Crippen molar-refractivity contribution in [1.82, 2.24) is 0 Å². The fraction of sp³-hybridized carbons (Fsp3) is 0.647. The van der Waals surface area contributed by atoms with E-state index < -0.39 is 0 Å². The van der Waals surface area contributed by atoms with Crippen molar-refractivity contribution < 1.29 is 0 Å². The molecule has 0 spiro atoms. The molecule has 4 atom stereocenters. The van der Waals surface area contributed by atoms with Crippen LogP contribution in [0.4, 0.5) is 0 Å². The van der Waals surface area contributed by atoms with Gasteiger partial charge in [-0.1, -0.05) is 57.5 Å². The van der Waals surface area contributed by atoms with Gasteiger partial charge in [-0.25, -0.2) is 0 Å². The maximum absolute atomic E-state index is 6.80. The van der Waals surface area contributed by atoms with Gasteiger partial charge in [0, 0.05) is 5.54 Å². The summed E-state index contributed by atoms with van der Waals surface area (Å²) in [7, 11) is 0. The van der Waals surface area contributed by atoms with Gasteiger partial charge in [0.1, 0.15) is 0 Å². The summed E-state index contributed by atoms with van der Waals surface area (Å²) in [5, 5.41) is 0. The molecule has 0 aromatic heterocycles. The Bertz CT molecular complexity index is 372. The van der Waals surface area contributed by atoms with E-state index in [-0.39, 0.29) is 5.54 Å². The van der Waals surface area contributed by atoms with E-state index in [0.717, 1.165) is 18.3 Å². The van der Waals surface area contributed by atoms with E-state index in [1.54, 1.807) is 0 Å². The second kappa shape index (κ2) is 5.44. The molecule has 1 fully saturated rings. The third-order valence-corrected chi connectivity index (χ3v) is 5.22. The van der Waals surface area contributed by atoms with Gasteiger partial charge in [0.25, 0.3) is 0 Å². The van der Waals surface area contributed by atoms with Crippen LogP contribution in [0.1, 0.15) is 52.0 Å². The minimum absolute atomic E-state index is 0.129. The largest absolute Gasteiger partial charge is 0.321 e. The predicted molar refractivity (Wildman–Crippen MR) is 78.3 cm³/mol. The van der Waals surface area contributed by atoms with Crippen molar-refractivity contribution in [1.29, 1.82) is 0 Å². The number of hydrogen-bond donors (Lipinski definition) is 1. The molecule has 18 heavy (non-hydrogen) atoms. The molecule has 0 aliphatic heterocycles. The number of benzene rings is 1. The number of hydrogen-bond acceptors (Lipinski definition) is 1. The van der Waals surface area contributed by atoms with Crippen molar-refractivity contribution in [3.05, 3.63) is 35.9 Å². The van der Waals surface area contributed by atoms with Crippen LogP contribution in [0, 0.1) is 17.8 Å². The molecule has 0 heterocycles. The van der Waals surface area contributed by atoms with Gasteiger partial charge in [0.15, 0.2) is 0 Å². The number of rotatable bonds is 3. The van der Waals surface area contributed by atoms with Gasteiger partial charge in [0.2, 0.25) is 0 Å². The first-order valence-corrected chi connectivity index (χ1v) is 7.42. The van der Waals surface area contributed by atoms with E-state index >= 15 is 0 Å². The monoisotopic (exact) mass is 245 g/mol. The Balaban J connectivity index is 2.23.